The van der Waals surface area contributed by atoms with Crippen molar-refractivity contribution in [2.45, 2.75) is 18.9 Å². The van der Waals surface area contributed by atoms with Crippen LogP contribution in [0.25, 0.3) is 0 Å². The van der Waals surface area contributed by atoms with Crippen LogP contribution in [0.5, 0.6) is 0 Å². The van der Waals surface area contributed by atoms with Gasteiger partial charge in [0.1, 0.15) is 0 Å². The summed E-state index contributed by atoms with van der Waals surface area (Å²) in [6, 6.07) is 4.99. The van der Waals surface area contributed by atoms with Crippen LogP contribution in [-0.4, -0.2) is 35.8 Å². The van der Waals surface area contributed by atoms with Crippen molar-refractivity contribution >= 4 is 29.1 Å². The number of carbonyl (C=O) groups is 2. The number of benzene rings is 1. The maximum atomic E-state index is 12.7. The van der Waals surface area contributed by atoms with Crippen LogP contribution in [0.4, 0.5) is 5.69 Å². The van der Waals surface area contributed by atoms with E-state index in [1.165, 1.54) is 0 Å². The van der Waals surface area contributed by atoms with Gasteiger partial charge in [-0.05, 0) is 25.0 Å². The van der Waals surface area contributed by atoms with Crippen LogP contribution in [0, 0.1) is 5.92 Å². The molecule has 1 aromatic rings. The second-order valence-corrected chi connectivity index (χ2v) is 5.65. The topological polar surface area (TPSA) is 75.4 Å². The first-order valence-electron chi connectivity index (χ1n) is 6.72. The van der Waals surface area contributed by atoms with Crippen LogP contribution in [0.15, 0.2) is 18.2 Å². The van der Waals surface area contributed by atoms with Gasteiger partial charge in [-0.1, -0.05) is 17.7 Å². The molecule has 2 unspecified atom stereocenters. The molecule has 0 spiro atoms. The van der Waals surface area contributed by atoms with Gasteiger partial charge in [0.2, 0.25) is 5.91 Å². The molecule has 3 rings (SSSR count). The number of nitrogens with one attached hydrogen (secondary N) is 1. The lowest BCUT2D eigenvalue weighted by molar-refractivity contribution is -0.123. The number of piperidine rings is 1. The highest BCUT2D eigenvalue weighted by Gasteiger charge is 2.43. The third-order valence-electron chi connectivity index (χ3n) is 4.12. The third-order valence-corrected chi connectivity index (χ3v) is 4.54. The molecule has 2 amide bonds. The smallest absolute Gasteiger partial charge is 0.255 e. The van der Waals surface area contributed by atoms with Gasteiger partial charge in [-0.3, -0.25) is 9.59 Å². The molecule has 2 atom stereocenters. The highest BCUT2D eigenvalue weighted by atomic mass is 35.5. The maximum absolute atomic E-state index is 12.7. The number of carbonyl (C=O) groups excluding carboxylic acids is 2. The maximum Gasteiger partial charge on any atom is 0.255 e. The van der Waals surface area contributed by atoms with Gasteiger partial charge in [-0.2, -0.15) is 0 Å². The van der Waals surface area contributed by atoms with E-state index in [9.17, 15) is 9.59 Å². The predicted octanol–water partition coefficient (Wildman–Crippen LogP) is 1.27. The van der Waals surface area contributed by atoms with Crippen LogP contribution < -0.4 is 11.1 Å². The quantitative estimate of drug-likeness (QED) is 0.766. The second kappa shape index (κ2) is 4.98. The fourth-order valence-corrected chi connectivity index (χ4v) is 3.28. The summed E-state index contributed by atoms with van der Waals surface area (Å²) in [4.78, 5) is 26.2. The van der Waals surface area contributed by atoms with Gasteiger partial charge in [0.25, 0.3) is 5.91 Å². The molecule has 106 valence electrons. The van der Waals surface area contributed by atoms with E-state index >= 15 is 0 Å². The van der Waals surface area contributed by atoms with Crippen molar-refractivity contribution in [1.82, 2.24) is 10.2 Å². The lowest BCUT2D eigenvalue weighted by atomic mass is 9.91. The van der Waals surface area contributed by atoms with Crippen LogP contribution in [-0.2, 0) is 4.79 Å². The second-order valence-electron chi connectivity index (χ2n) is 5.27. The predicted molar refractivity (Wildman–Crippen MR) is 76.4 cm³/mol. The molecule has 20 heavy (non-hydrogen) atoms. The molecular formula is C14H16ClN3O2. The Morgan fingerprint density at radius 1 is 1.45 bits per heavy atom. The zero-order valence-corrected chi connectivity index (χ0v) is 11.7. The van der Waals surface area contributed by atoms with E-state index in [1.54, 1.807) is 23.1 Å². The number of nitrogens with zero attached hydrogens (tertiary/aromatic N) is 1. The molecule has 0 bridgehead atoms. The number of fused-ring (bicyclic) bond motifs is 1. The number of amides is 2. The summed E-state index contributed by atoms with van der Waals surface area (Å²) in [5.41, 5.74) is 6.55. The minimum absolute atomic E-state index is 0.0474. The molecule has 5 nitrogen and oxygen atoms in total. The van der Waals surface area contributed by atoms with Crippen molar-refractivity contribution in [3.8, 4) is 0 Å². The molecule has 1 aromatic carbocycles. The van der Waals surface area contributed by atoms with E-state index in [2.05, 4.69) is 5.32 Å². The van der Waals surface area contributed by atoms with E-state index < -0.39 is 0 Å². The highest BCUT2D eigenvalue weighted by molar-refractivity contribution is 6.36. The summed E-state index contributed by atoms with van der Waals surface area (Å²) in [5, 5.41) is 3.12. The van der Waals surface area contributed by atoms with Gasteiger partial charge in [-0.25, -0.2) is 0 Å². The lowest BCUT2D eigenvalue weighted by Gasteiger charge is -2.36. The summed E-state index contributed by atoms with van der Waals surface area (Å²) in [5.74, 6) is -0.188. The number of nitrogens with two attached hydrogens (primary N) is 1. The SMILES string of the molecule is Nc1cccc(C(=O)N2CCCC3C(=O)NCC32)c1Cl. The molecular weight excluding hydrogens is 278 g/mol. The van der Waals surface area contributed by atoms with Gasteiger partial charge in [0, 0.05) is 13.1 Å². The summed E-state index contributed by atoms with van der Waals surface area (Å²) in [7, 11) is 0. The summed E-state index contributed by atoms with van der Waals surface area (Å²) in [6.07, 6.45) is 1.67. The molecule has 6 heteroatoms. The molecule has 2 heterocycles. The van der Waals surface area contributed by atoms with Crippen molar-refractivity contribution in [2.75, 3.05) is 18.8 Å². The number of hydrogen-bond donors (Lipinski definition) is 2. The summed E-state index contributed by atoms with van der Waals surface area (Å²) in [6.45, 7) is 1.18. The van der Waals surface area contributed by atoms with Crippen molar-refractivity contribution in [3.63, 3.8) is 0 Å². The van der Waals surface area contributed by atoms with Crippen molar-refractivity contribution in [1.29, 1.82) is 0 Å². The minimum Gasteiger partial charge on any atom is -0.398 e. The van der Waals surface area contributed by atoms with E-state index in [0.717, 1.165) is 12.8 Å². The Morgan fingerprint density at radius 3 is 3.05 bits per heavy atom. The first-order valence-corrected chi connectivity index (χ1v) is 7.10. The number of nitrogen functional groups attached to an aromatic ring is 1. The highest BCUT2D eigenvalue weighted by Crippen LogP contribution is 2.31. The first kappa shape index (κ1) is 13.2. The zero-order valence-electron chi connectivity index (χ0n) is 10.9. The van der Waals surface area contributed by atoms with Crippen LogP contribution in [0.1, 0.15) is 23.2 Å². The lowest BCUT2D eigenvalue weighted by Crippen LogP contribution is -2.48. The molecule has 2 aliphatic rings. The summed E-state index contributed by atoms with van der Waals surface area (Å²) >= 11 is 6.12. The molecule has 2 fully saturated rings. The number of halogens is 1. The fraction of sp³-hybridized carbons (Fsp3) is 0.429. The molecule has 0 saturated carbocycles. The number of likely N-dealkylation sites (tertiary alicyclic amines) is 1. The van der Waals surface area contributed by atoms with Crippen LogP contribution >= 0.6 is 11.6 Å². The Balaban J connectivity index is 1.90. The number of hydrogen-bond acceptors (Lipinski definition) is 3. The van der Waals surface area contributed by atoms with Crippen molar-refractivity contribution in [2.24, 2.45) is 5.92 Å². The average molecular weight is 294 g/mol. The Kier molecular flexibility index (Phi) is 3.30. The Labute approximate surface area is 122 Å². The van der Waals surface area contributed by atoms with Crippen molar-refractivity contribution in [3.05, 3.63) is 28.8 Å². The van der Waals surface area contributed by atoms with Crippen molar-refractivity contribution < 1.29 is 9.59 Å². The van der Waals surface area contributed by atoms with E-state index in [4.69, 9.17) is 17.3 Å². The standard InChI is InChI=1S/C14H16ClN3O2/c15-12-9(3-1-5-10(12)16)14(20)18-6-2-4-8-11(18)7-17-13(8)19/h1,3,5,8,11H,2,4,6-7,16H2,(H,17,19). The fourth-order valence-electron chi connectivity index (χ4n) is 3.07. The van der Waals surface area contributed by atoms with E-state index in [1.807, 2.05) is 0 Å². The van der Waals surface area contributed by atoms with Gasteiger partial charge >= 0.3 is 0 Å². The van der Waals surface area contributed by atoms with Crippen LogP contribution in [0.2, 0.25) is 5.02 Å². The number of anilines is 1. The largest absolute Gasteiger partial charge is 0.398 e. The molecule has 2 aliphatic heterocycles. The molecule has 0 aromatic heterocycles. The third kappa shape index (κ3) is 2.02. The molecule has 3 N–H and O–H groups in total. The molecule has 2 saturated heterocycles. The average Bonchev–Trinajstić information content (AvgIpc) is 2.83. The van der Waals surface area contributed by atoms with E-state index in [0.29, 0.717) is 24.3 Å². The van der Waals surface area contributed by atoms with Gasteiger partial charge in [0.15, 0.2) is 0 Å². The van der Waals surface area contributed by atoms with Crippen LogP contribution in [0.3, 0.4) is 0 Å². The zero-order chi connectivity index (χ0) is 14.3. The van der Waals surface area contributed by atoms with Gasteiger partial charge < -0.3 is 16.0 Å². The molecule has 0 radical (unpaired) electrons. The first-order chi connectivity index (χ1) is 9.59. The monoisotopic (exact) mass is 293 g/mol. The van der Waals surface area contributed by atoms with Gasteiger partial charge in [-0.15, -0.1) is 0 Å². The normalized spacial score (nSPS) is 25.2. The Hall–Kier alpha value is -1.75. The minimum atomic E-state index is -0.145. The van der Waals surface area contributed by atoms with E-state index in [-0.39, 0.29) is 28.8 Å². The molecule has 0 aliphatic carbocycles. The number of rotatable bonds is 1. The Morgan fingerprint density at radius 2 is 2.25 bits per heavy atom. The van der Waals surface area contributed by atoms with Gasteiger partial charge in [0.05, 0.1) is 28.2 Å². The Bertz CT molecular complexity index is 576. The summed E-state index contributed by atoms with van der Waals surface area (Å²) < 4.78 is 0.